The Bertz CT molecular complexity index is 809. The lowest BCUT2D eigenvalue weighted by atomic mass is 9.93. The van der Waals surface area contributed by atoms with Crippen molar-refractivity contribution in [1.29, 1.82) is 5.26 Å². The van der Waals surface area contributed by atoms with Gasteiger partial charge in [-0.25, -0.2) is 9.78 Å². The Morgan fingerprint density at radius 1 is 1.19 bits per heavy atom. The van der Waals surface area contributed by atoms with E-state index >= 15 is 0 Å². The van der Waals surface area contributed by atoms with E-state index in [2.05, 4.69) is 15.6 Å². The molecule has 7 nitrogen and oxygen atoms in total. The number of rotatable bonds is 5. The highest BCUT2D eigenvalue weighted by Gasteiger charge is 2.24. The number of nitrogens with one attached hydrogen (secondary N) is 2. The Balaban J connectivity index is 1.45. The summed E-state index contributed by atoms with van der Waals surface area (Å²) in [6, 6.07) is 12.6. The molecule has 1 aromatic heterocycles. The lowest BCUT2D eigenvalue weighted by Gasteiger charge is -2.29. The molecule has 0 bridgehead atoms. The Labute approximate surface area is 158 Å². The first kappa shape index (κ1) is 18.5. The van der Waals surface area contributed by atoms with Crippen LogP contribution in [-0.2, 0) is 0 Å². The van der Waals surface area contributed by atoms with Gasteiger partial charge in [-0.2, -0.15) is 5.26 Å². The lowest BCUT2D eigenvalue weighted by Crippen LogP contribution is -2.41. The van der Waals surface area contributed by atoms with E-state index in [4.69, 9.17) is 14.7 Å². The quantitative estimate of drug-likeness (QED) is 0.844. The van der Waals surface area contributed by atoms with Gasteiger partial charge in [0.1, 0.15) is 17.9 Å². The third-order valence-electron chi connectivity index (χ3n) is 4.52. The first-order valence-corrected chi connectivity index (χ1v) is 8.91. The first-order valence-electron chi connectivity index (χ1n) is 8.91. The van der Waals surface area contributed by atoms with E-state index in [1.54, 1.807) is 31.4 Å². The molecule has 3 rings (SSSR count). The first-order chi connectivity index (χ1) is 13.2. The summed E-state index contributed by atoms with van der Waals surface area (Å²) in [5.74, 6) is 1.15. The molecule has 1 fully saturated rings. The molecule has 1 aliphatic rings. The number of pyridine rings is 1. The maximum atomic E-state index is 12.2. The molecule has 2 amide bonds. The van der Waals surface area contributed by atoms with Crippen LogP contribution in [0.3, 0.4) is 0 Å². The summed E-state index contributed by atoms with van der Waals surface area (Å²) in [5.41, 5.74) is 1.15. The predicted octanol–water partition coefficient (Wildman–Crippen LogP) is 3.47. The zero-order chi connectivity index (χ0) is 19.1. The fourth-order valence-corrected chi connectivity index (χ4v) is 3.10. The maximum Gasteiger partial charge on any atom is 0.319 e. The van der Waals surface area contributed by atoms with E-state index in [1.165, 1.54) is 6.20 Å². The number of nitrogens with zero attached hydrogens (tertiary/aromatic N) is 2. The fourth-order valence-electron chi connectivity index (χ4n) is 3.10. The molecular formula is C20H22N4O3. The van der Waals surface area contributed by atoms with Crippen molar-refractivity contribution in [2.75, 3.05) is 12.4 Å². The fraction of sp³-hybridized carbons (Fsp3) is 0.350. The number of carbonyl (C=O) groups excluding carboxylic acids is 1. The molecule has 1 saturated carbocycles. The number of amides is 2. The van der Waals surface area contributed by atoms with Crippen LogP contribution < -0.4 is 20.1 Å². The minimum absolute atomic E-state index is 0.0702. The number of hydrogen-bond donors (Lipinski definition) is 2. The molecule has 1 aromatic carbocycles. The van der Waals surface area contributed by atoms with Crippen LogP contribution in [-0.4, -0.2) is 30.3 Å². The second-order valence-corrected chi connectivity index (χ2v) is 6.39. The minimum atomic E-state index is -0.238. The Kier molecular flexibility index (Phi) is 6.10. The summed E-state index contributed by atoms with van der Waals surface area (Å²) in [7, 11) is 1.57. The van der Waals surface area contributed by atoms with E-state index in [0.717, 1.165) is 25.7 Å². The highest BCUT2D eigenvalue weighted by atomic mass is 16.5. The van der Waals surface area contributed by atoms with Gasteiger partial charge >= 0.3 is 6.03 Å². The average molecular weight is 366 g/mol. The smallest absolute Gasteiger partial charge is 0.319 e. The van der Waals surface area contributed by atoms with Gasteiger partial charge < -0.3 is 20.1 Å². The van der Waals surface area contributed by atoms with Crippen molar-refractivity contribution in [1.82, 2.24) is 10.3 Å². The van der Waals surface area contributed by atoms with Gasteiger partial charge in [-0.15, -0.1) is 0 Å². The summed E-state index contributed by atoms with van der Waals surface area (Å²) >= 11 is 0. The second kappa shape index (κ2) is 8.90. The summed E-state index contributed by atoms with van der Waals surface area (Å²) < 4.78 is 11.1. The molecule has 140 valence electrons. The van der Waals surface area contributed by atoms with Crippen molar-refractivity contribution < 1.29 is 14.3 Å². The van der Waals surface area contributed by atoms with E-state index in [1.807, 2.05) is 18.2 Å². The maximum absolute atomic E-state index is 12.2. The van der Waals surface area contributed by atoms with E-state index in [9.17, 15) is 4.79 Å². The van der Waals surface area contributed by atoms with Gasteiger partial charge in [-0.05, 0) is 43.9 Å². The molecule has 7 heteroatoms. The zero-order valence-corrected chi connectivity index (χ0v) is 15.1. The highest BCUT2D eigenvalue weighted by Crippen LogP contribution is 2.25. The summed E-state index contributed by atoms with van der Waals surface area (Å²) in [6.45, 7) is 0. The minimum Gasteiger partial charge on any atom is -0.495 e. The van der Waals surface area contributed by atoms with Crippen LogP contribution in [0.15, 0.2) is 42.6 Å². The largest absolute Gasteiger partial charge is 0.495 e. The van der Waals surface area contributed by atoms with E-state index in [0.29, 0.717) is 22.9 Å². The number of hydrogen-bond acceptors (Lipinski definition) is 5. The molecule has 0 aliphatic heterocycles. The van der Waals surface area contributed by atoms with E-state index < -0.39 is 0 Å². The van der Waals surface area contributed by atoms with Crippen LogP contribution in [0.1, 0.15) is 31.2 Å². The van der Waals surface area contributed by atoms with Gasteiger partial charge in [0.05, 0.1) is 18.4 Å². The van der Waals surface area contributed by atoms with Gasteiger partial charge in [0.15, 0.2) is 0 Å². The van der Waals surface area contributed by atoms with Gasteiger partial charge in [0.2, 0.25) is 5.88 Å². The lowest BCUT2D eigenvalue weighted by molar-refractivity contribution is 0.135. The van der Waals surface area contributed by atoms with Crippen LogP contribution in [0.5, 0.6) is 11.6 Å². The van der Waals surface area contributed by atoms with Crippen molar-refractivity contribution in [3.63, 3.8) is 0 Å². The summed E-state index contributed by atoms with van der Waals surface area (Å²) in [6.07, 6.45) is 4.91. The molecular weight excluding hydrogens is 344 g/mol. The average Bonchev–Trinajstić information content (AvgIpc) is 2.70. The number of benzene rings is 1. The second-order valence-electron chi connectivity index (χ2n) is 6.39. The van der Waals surface area contributed by atoms with Crippen LogP contribution >= 0.6 is 0 Å². The van der Waals surface area contributed by atoms with Crippen LogP contribution in [0.2, 0.25) is 0 Å². The third-order valence-corrected chi connectivity index (χ3v) is 4.52. The van der Waals surface area contributed by atoms with E-state index in [-0.39, 0.29) is 18.2 Å². The molecule has 0 radical (unpaired) electrons. The standard InChI is InChI=1S/C20H22N4O3/c1-26-18-5-3-2-4-17(18)24-20(25)23-15-7-9-16(10-8-15)27-19-11-6-14(12-21)13-22-19/h2-6,11,13,15-16H,7-10H2,1H3,(H2,23,24,25). The Hall–Kier alpha value is -3.27. The third kappa shape index (κ3) is 5.11. The predicted molar refractivity (Wildman–Crippen MR) is 101 cm³/mol. The SMILES string of the molecule is COc1ccccc1NC(=O)NC1CCC(Oc2ccc(C#N)cn2)CC1. The molecule has 0 atom stereocenters. The molecule has 1 heterocycles. The van der Waals surface area contributed by atoms with Gasteiger partial charge in [0, 0.05) is 18.3 Å². The van der Waals surface area contributed by atoms with Gasteiger partial charge in [-0.1, -0.05) is 12.1 Å². The molecule has 0 unspecified atom stereocenters. The monoisotopic (exact) mass is 366 g/mol. The molecule has 1 aliphatic carbocycles. The van der Waals surface area contributed by atoms with Crippen LogP contribution in [0, 0.1) is 11.3 Å². The zero-order valence-electron chi connectivity index (χ0n) is 15.1. The van der Waals surface area contributed by atoms with Crippen molar-refractivity contribution in [3.05, 3.63) is 48.2 Å². The normalized spacial score (nSPS) is 18.8. The summed E-state index contributed by atoms with van der Waals surface area (Å²) in [5, 5.41) is 14.6. The molecule has 27 heavy (non-hydrogen) atoms. The van der Waals surface area contributed by atoms with Crippen molar-refractivity contribution in [2.45, 2.75) is 37.8 Å². The number of ether oxygens (including phenoxy) is 2. The van der Waals surface area contributed by atoms with Crippen LogP contribution in [0.4, 0.5) is 10.5 Å². The van der Waals surface area contributed by atoms with Gasteiger partial charge in [-0.3, -0.25) is 0 Å². The van der Waals surface area contributed by atoms with Gasteiger partial charge in [0.25, 0.3) is 0 Å². The van der Waals surface area contributed by atoms with Crippen molar-refractivity contribution in [3.8, 4) is 17.7 Å². The number of aromatic nitrogens is 1. The van der Waals surface area contributed by atoms with Crippen molar-refractivity contribution >= 4 is 11.7 Å². The summed E-state index contributed by atoms with van der Waals surface area (Å²) in [4.78, 5) is 16.4. The number of nitriles is 1. The number of methoxy groups -OCH3 is 1. The number of para-hydroxylation sites is 2. The number of carbonyl (C=O) groups is 1. The molecule has 2 N–H and O–H groups in total. The Morgan fingerprint density at radius 3 is 2.63 bits per heavy atom. The molecule has 0 saturated heterocycles. The molecule has 2 aromatic rings. The van der Waals surface area contributed by atoms with Crippen molar-refractivity contribution in [2.24, 2.45) is 0 Å². The number of anilines is 1. The Morgan fingerprint density at radius 2 is 1.96 bits per heavy atom. The highest BCUT2D eigenvalue weighted by molar-refractivity contribution is 5.91. The number of urea groups is 1. The topological polar surface area (TPSA) is 96.3 Å². The van der Waals surface area contributed by atoms with Crippen LogP contribution in [0.25, 0.3) is 0 Å². The molecule has 0 spiro atoms.